The number of nitrogens with zero attached hydrogens (tertiary/aromatic N) is 5. The third-order valence-corrected chi connectivity index (χ3v) is 6.46. The number of benzene rings is 1. The number of aromatic nitrogens is 3. The second kappa shape index (κ2) is 10.2. The van der Waals surface area contributed by atoms with Gasteiger partial charge in [-0.3, -0.25) is 19.1 Å². The zero-order valence-corrected chi connectivity index (χ0v) is 20.7. The fraction of sp³-hybridized carbons (Fsp3) is 0.423. The van der Waals surface area contributed by atoms with E-state index in [0.717, 1.165) is 5.56 Å². The summed E-state index contributed by atoms with van der Waals surface area (Å²) >= 11 is 0. The zero-order valence-electron chi connectivity index (χ0n) is 20.7. The molecule has 35 heavy (non-hydrogen) atoms. The maximum Gasteiger partial charge on any atom is 0.309 e. The number of amides is 2. The van der Waals surface area contributed by atoms with Gasteiger partial charge < -0.3 is 14.5 Å². The number of ether oxygens (including phenoxy) is 1. The fourth-order valence-corrected chi connectivity index (χ4v) is 4.58. The molecule has 2 amide bonds. The van der Waals surface area contributed by atoms with Gasteiger partial charge in [0.05, 0.1) is 41.4 Å². The molecular formula is C26H31N5O4. The van der Waals surface area contributed by atoms with Crippen molar-refractivity contribution in [3.8, 4) is 11.3 Å². The number of carbonyl (C=O) groups is 3. The Morgan fingerprint density at radius 3 is 2.49 bits per heavy atom. The lowest BCUT2D eigenvalue weighted by Gasteiger charge is -2.32. The summed E-state index contributed by atoms with van der Waals surface area (Å²) in [4.78, 5) is 46.4. The number of aryl methyl sites for hydroxylation is 2. The van der Waals surface area contributed by atoms with Crippen LogP contribution in [0.3, 0.4) is 0 Å². The van der Waals surface area contributed by atoms with Crippen molar-refractivity contribution >= 4 is 28.8 Å². The summed E-state index contributed by atoms with van der Waals surface area (Å²) < 4.78 is 6.78. The van der Waals surface area contributed by atoms with E-state index in [4.69, 9.17) is 9.72 Å². The summed E-state index contributed by atoms with van der Waals surface area (Å²) in [7, 11) is 3.43. The minimum Gasteiger partial charge on any atom is -0.466 e. The van der Waals surface area contributed by atoms with Crippen LogP contribution in [0.25, 0.3) is 22.3 Å². The van der Waals surface area contributed by atoms with Crippen molar-refractivity contribution in [2.45, 2.75) is 26.7 Å². The average molecular weight is 478 g/mol. The number of hydrogen-bond acceptors (Lipinski definition) is 6. The normalized spacial score (nSPS) is 14.2. The zero-order chi connectivity index (χ0) is 25.1. The topological polar surface area (TPSA) is 97.6 Å². The quantitative estimate of drug-likeness (QED) is 0.507. The first kappa shape index (κ1) is 24.4. The van der Waals surface area contributed by atoms with Crippen molar-refractivity contribution in [2.24, 2.45) is 13.0 Å². The van der Waals surface area contributed by atoms with Gasteiger partial charge >= 0.3 is 5.97 Å². The Labute approximate surface area is 204 Å². The van der Waals surface area contributed by atoms with Gasteiger partial charge in [-0.1, -0.05) is 30.3 Å². The van der Waals surface area contributed by atoms with Gasteiger partial charge in [-0.2, -0.15) is 5.10 Å². The first-order valence-electron chi connectivity index (χ1n) is 11.9. The Balaban J connectivity index is 1.53. The second-order valence-electron chi connectivity index (χ2n) is 8.90. The van der Waals surface area contributed by atoms with Crippen molar-refractivity contribution in [3.63, 3.8) is 0 Å². The molecule has 0 saturated carbocycles. The van der Waals surface area contributed by atoms with Gasteiger partial charge in [-0.15, -0.1) is 0 Å². The number of likely N-dealkylation sites (N-methyl/N-ethyl adjacent to an activating group) is 1. The summed E-state index contributed by atoms with van der Waals surface area (Å²) in [6.07, 6.45) is 1.14. The first-order valence-corrected chi connectivity index (χ1v) is 11.9. The van der Waals surface area contributed by atoms with Gasteiger partial charge in [0.15, 0.2) is 5.65 Å². The number of hydrogen-bond donors (Lipinski definition) is 0. The lowest BCUT2D eigenvalue weighted by atomic mass is 9.97. The Morgan fingerprint density at radius 1 is 1.14 bits per heavy atom. The fourth-order valence-electron chi connectivity index (χ4n) is 4.58. The SMILES string of the molecule is CCOC(=O)C1CCN(C(=O)CN(C)C(=O)c2cc(-c3ccccc3)nc3c2c(C)nn3C)CC1. The van der Waals surface area contributed by atoms with Gasteiger partial charge in [-0.05, 0) is 32.8 Å². The minimum absolute atomic E-state index is 0.0489. The van der Waals surface area contributed by atoms with Crippen LogP contribution in [-0.2, 0) is 21.4 Å². The number of carbonyl (C=O) groups excluding carboxylic acids is 3. The number of likely N-dealkylation sites (tertiary alicyclic amines) is 1. The highest BCUT2D eigenvalue weighted by Crippen LogP contribution is 2.28. The lowest BCUT2D eigenvalue weighted by Crippen LogP contribution is -2.45. The smallest absolute Gasteiger partial charge is 0.309 e. The predicted molar refractivity (Wildman–Crippen MR) is 132 cm³/mol. The molecule has 4 rings (SSSR count). The average Bonchev–Trinajstić information content (AvgIpc) is 3.16. The molecule has 1 aliphatic heterocycles. The van der Waals surface area contributed by atoms with Crippen molar-refractivity contribution in [2.75, 3.05) is 33.3 Å². The highest BCUT2D eigenvalue weighted by molar-refractivity contribution is 6.08. The Morgan fingerprint density at radius 2 is 1.83 bits per heavy atom. The Bertz CT molecular complexity index is 1250. The molecule has 0 bridgehead atoms. The maximum absolute atomic E-state index is 13.6. The van der Waals surface area contributed by atoms with Gasteiger partial charge in [0, 0.05) is 32.7 Å². The number of pyridine rings is 1. The largest absolute Gasteiger partial charge is 0.466 e. The molecule has 0 atom stereocenters. The van der Waals surface area contributed by atoms with E-state index in [1.54, 1.807) is 36.7 Å². The van der Waals surface area contributed by atoms with Crippen molar-refractivity contribution in [1.82, 2.24) is 24.6 Å². The van der Waals surface area contributed by atoms with Gasteiger partial charge in [0.25, 0.3) is 5.91 Å². The van der Waals surface area contributed by atoms with E-state index in [-0.39, 0.29) is 30.2 Å². The maximum atomic E-state index is 13.6. The van der Waals surface area contributed by atoms with Crippen LogP contribution in [0.15, 0.2) is 36.4 Å². The van der Waals surface area contributed by atoms with Crippen LogP contribution >= 0.6 is 0 Å². The van der Waals surface area contributed by atoms with Crippen LogP contribution in [0, 0.1) is 12.8 Å². The van der Waals surface area contributed by atoms with E-state index in [9.17, 15) is 14.4 Å². The molecule has 0 radical (unpaired) electrons. The van der Waals surface area contributed by atoms with Crippen molar-refractivity contribution in [3.05, 3.63) is 47.7 Å². The highest BCUT2D eigenvalue weighted by Gasteiger charge is 2.30. The molecule has 3 heterocycles. The molecular weight excluding hydrogens is 446 g/mol. The van der Waals surface area contributed by atoms with Gasteiger partial charge in [0.1, 0.15) is 0 Å². The van der Waals surface area contributed by atoms with E-state index < -0.39 is 0 Å². The van der Waals surface area contributed by atoms with Crippen LogP contribution in [0.2, 0.25) is 0 Å². The lowest BCUT2D eigenvalue weighted by molar-refractivity contribution is -0.151. The molecule has 0 N–H and O–H groups in total. The van der Waals surface area contributed by atoms with Crippen LogP contribution < -0.4 is 0 Å². The third kappa shape index (κ3) is 5.03. The second-order valence-corrected chi connectivity index (χ2v) is 8.90. The summed E-state index contributed by atoms with van der Waals surface area (Å²) in [6.45, 7) is 4.90. The van der Waals surface area contributed by atoms with Crippen molar-refractivity contribution < 1.29 is 19.1 Å². The highest BCUT2D eigenvalue weighted by atomic mass is 16.5. The molecule has 9 nitrogen and oxygen atoms in total. The van der Waals surface area contributed by atoms with Crippen LogP contribution in [-0.4, -0.2) is 75.6 Å². The summed E-state index contributed by atoms with van der Waals surface area (Å²) in [5.74, 6) is -0.775. The molecule has 0 aliphatic carbocycles. The molecule has 0 unspecified atom stereocenters. The molecule has 1 saturated heterocycles. The van der Waals surface area contributed by atoms with E-state index in [1.807, 2.05) is 37.3 Å². The Hall–Kier alpha value is -3.75. The number of fused-ring (bicyclic) bond motifs is 1. The van der Waals surface area contributed by atoms with Gasteiger partial charge in [-0.25, -0.2) is 4.98 Å². The van der Waals surface area contributed by atoms with Crippen LogP contribution in [0.1, 0.15) is 35.8 Å². The molecule has 9 heteroatoms. The standard InChI is InChI=1S/C26H31N5O4/c1-5-35-26(34)19-11-13-31(14-12-19)22(32)16-29(3)25(33)20-15-21(18-9-7-6-8-10-18)27-24-23(20)17(2)28-30(24)4/h6-10,15,19H,5,11-14,16H2,1-4H3. The molecule has 3 aromatic rings. The molecule has 0 spiro atoms. The minimum atomic E-state index is -0.263. The third-order valence-electron chi connectivity index (χ3n) is 6.46. The molecule has 1 aliphatic rings. The predicted octanol–water partition coefficient (Wildman–Crippen LogP) is 2.82. The summed E-state index contributed by atoms with van der Waals surface area (Å²) in [5, 5.41) is 5.15. The van der Waals surface area contributed by atoms with Crippen LogP contribution in [0.5, 0.6) is 0 Å². The summed E-state index contributed by atoms with van der Waals surface area (Å²) in [6, 6.07) is 11.4. The van der Waals surface area contributed by atoms with E-state index in [1.165, 1.54) is 4.90 Å². The number of rotatable bonds is 6. The first-order chi connectivity index (χ1) is 16.8. The monoisotopic (exact) mass is 477 g/mol. The Kier molecular flexibility index (Phi) is 7.14. The summed E-state index contributed by atoms with van der Waals surface area (Å²) in [5.41, 5.74) is 3.36. The number of piperidine rings is 1. The molecule has 2 aromatic heterocycles. The molecule has 1 aromatic carbocycles. The molecule has 1 fully saturated rings. The van der Waals surface area contributed by atoms with E-state index in [0.29, 0.717) is 60.5 Å². The number of esters is 1. The van der Waals surface area contributed by atoms with E-state index in [2.05, 4.69) is 5.10 Å². The van der Waals surface area contributed by atoms with Gasteiger partial charge in [0.2, 0.25) is 5.91 Å². The van der Waals surface area contributed by atoms with E-state index >= 15 is 0 Å². The van der Waals surface area contributed by atoms with Crippen molar-refractivity contribution in [1.29, 1.82) is 0 Å². The van der Waals surface area contributed by atoms with Crippen LogP contribution in [0.4, 0.5) is 0 Å². The molecule has 184 valence electrons.